The van der Waals surface area contributed by atoms with Crippen LogP contribution in [0.5, 0.6) is 5.75 Å². The molecule has 2 heterocycles. The lowest BCUT2D eigenvalue weighted by molar-refractivity contribution is 0.0745. The summed E-state index contributed by atoms with van der Waals surface area (Å²) >= 11 is 6.04. The van der Waals surface area contributed by atoms with Crippen LogP contribution < -0.4 is 10.5 Å². The van der Waals surface area contributed by atoms with Gasteiger partial charge in [-0.3, -0.25) is 4.90 Å². The minimum absolute atomic E-state index is 0.252. The Labute approximate surface area is 126 Å². The molecule has 0 amide bonds. The normalized spacial score (nSPS) is 30.1. The van der Waals surface area contributed by atoms with E-state index in [2.05, 4.69) is 11.8 Å². The molecule has 3 rings (SSSR count). The molecule has 3 nitrogen and oxygen atoms in total. The number of likely N-dealkylation sites (tertiary alicyclic amines) is 1. The Balaban J connectivity index is 1.62. The lowest BCUT2D eigenvalue weighted by atomic mass is 9.93. The second-order valence-corrected chi connectivity index (χ2v) is 6.61. The van der Waals surface area contributed by atoms with Gasteiger partial charge in [-0.05, 0) is 56.0 Å². The Hall–Kier alpha value is -0.770. The highest BCUT2D eigenvalue weighted by Crippen LogP contribution is 2.32. The molecule has 4 heteroatoms. The molecular formula is C16H23ClN2O. The van der Waals surface area contributed by atoms with E-state index in [0.717, 1.165) is 36.8 Å². The highest BCUT2D eigenvalue weighted by atomic mass is 35.5. The predicted molar refractivity (Wildman–Crippen MR) is 82.4 cm³/mol. The summed E-state index contributed by atoms with van der Waals surface area (Å²) in [6.45, 7) is 5.20. The predicted octanol–water partition coefficient (Wildman–Crippen LogP) is 2.70. The molecule has 3 atom stereocenters. The molecule has 1 aromatic carbocycles. The summed E-state index contributed by atoms with van der Waals surface area (Å²) in [6.07, 6.45) is 3.72. The second-order valence-electron chi connectivity index (χ2n) is 6.18. The standard InChI is InChI=1S/C16H23ClN2O/c1-11-2-3-12(8-18)9-19(11)10-15-7-13-6-14(17)4-5-16(13)20-15/h4-6,11-12,15H,2-3,7-10,18H2,1H3. The number of benzene rings is 1. The molecule has 2 aliphatic heterocycles. The Morgan fingerprint density at radius 1 is 1.40 bits per heavy atom. The monoisotopic (exact) mass is 294 g/mol. The summed E-state index contributed by atoms with van der Waals surface area (Å²) in [4.78, 5) is 2.54. The fourth-order valence-corrected chi connectivity index (χ4v) is 3.56. The van der Waals surface area contributed by atoms with Crippen molar-refractivity contribution in [1.29, 1.82) is 0 Å². The minimum Gasteiger partial charge on any atom is -0.488 e. The van der Waals surface area contributed by atoms with Gasteiger partial charge >= 0.3 is 0 Å². The van der Waals surface area contributed by atoms with Crippen molar-refractivity contribution in [2.45, 2.75) is 38.3 Å². The van der Waals surface area contributed by atoms with Crippen LogP contribution in [0.25, 0.3) is 0 Å². The number of hydrogen-bond donors (Lipinski definition) is 1. The van der Waals surface area contributed by atoms with Crippen LogP contribution in [-0.2, 0) is 6.42 Å². The third kappa shape index (κ3) is 2.95. The fourth-order valence-electron chi connectivity index (χ4n) is 3.36. The zero-order chi connectivity index (χ0) is 14.1. The maximum Gasteiger partial charge on any atom is 0.123 e. The van der Waals surface area contributed by atoms with Crippen LogP contribution in [0, 0.1) is 5.92 Å². The smallest absolute Gasteiger partial charge is 0.123 e. The highest BCUT2D eigenvalue weighted by molar-refractivity contribution is 6.30. The maximum absolute atomic E-state index is 6.05. The first-order valence-electron chi connectivity index (χ1n) is 7.55. The van der Waals surface area contributed by atoms with E-state index in [1.807, 2.05) is 18.2 Å². The van der Waals surface area contributed by atoms with Crippen molar-refractivity contribution >= 4 is 11.6 Å². The summed E-state index contributed by atoms with van der Waals surface area (Å²) in [5.74, 6) is 1.64. The van der Waals surface area contributed by atoms with Crippen molar-refractivity contribution in [3.8, 4) is 5.75 Å². The van der Waals surface area contributed by atoms with Gasteiger partial charge in [0.05, 0.1) is 0 Å². The summed E-state index contributed by atoms with van der Waals surface area (Å²) < 4.78 is 6.05. The number of ether oxygens (including phenoxy) is 1. The number of nitrogens with zero attached hydrogens (tertiary/aromatic N) is 1. The van der Waals surface area contributed by atoms with Crippen molar-refractivity contribution < 1.29 is 4.74 Å². The number of nitrogens with two attached hydrogens (primary N) is 1. The second kappa shape index (κ2) is 5.92. The van der Waals surface area contributed by atoms with Gasteiger partial charge in [0.2, 0.25) is 0 Å². The lowest BCUT2D eigenvalue weighted by Crippen LogP contribution is -2.47. The zero-order valence-corrected chi connectivity index (χ0v) is 12.8. The molecule has 20 heavy (non-hydrogen) atoms. The quantitative estimate of drug-likeness (QED) is 0.931. The van der Waals surface area contributed by atoms with E-state index in [1.54, 1.807) is 0 Å². The first-order chi connectivity index (χ1) is 9.65. The molecular weight excluding hydrogens is 272 g/mol. The number of halogens is 1. The highest BCUT2D eigenvalue weighted by Gasteiger charge is 2.30. The molecule has 0 bridgehead atoms. The van der Waals surface area contributed by atoms with Crippen molar-refractivity contribution in [3.63, 3.8) is 0 Å². The van der Waals surface area contributed by atoms with Gasteiger partial charge in [0, 0.05) is 30.6 Å². The van der Waals surface area contributed by atoms with E-state index in [4.69, 9.17) is 22.1 Å². The van der Waals surface area contributed by atoms with Gasteiger partial charge in [0.25, 0.3) is 0 Å². The summed E-state index contributed by atoms with van der Waals surface area (Å²) in [5.41, 5.74) is 7.07. The SMILES string of the molecule is CC1CCC(CN)CN1CC1Cc2cc(Cl)ccc2O1. The summed E-state index contributed by atoms with van der Waals surface area (Å²) in [5, 5.41) is 0.794. The van der Waals surface area contributed by atoms with Crippen LogP contribution in [-0.4, -0.2) is 36.7 Å². The van der Waals surface area contributed by atoms with E-state index in [-0.39, 0.29) is 6.10 Å². The van der Waals surface area contributed by atoms with Crippen molar-refractivity contribution in [1.82, 2.24) is 4.90 Å². The molecule has 2 aliphatic rings. The average Bonchev–Trinajstić information content (AvgIpc) is 2.82. The number of fused-ring (bicyclic) bond motifs is 1. The molecule has 1 fully saturated rings. The Kier molecular flexibility index (Phi) is 4.20. The van der Waals surface area contributed by atoms with Gasteiger partial charge < -0.3 is 10.5 Å². The number of hydrogen-bond acceptors (Lipinski definition) is 3. The summed E-state index contributed by atoms with van der Waals surface area (Å²) in [6, 6.07) is 6.55. The van der Waals surface area contributed by atoms with Gasteiger partial charge in [-0.15, -0.1) is 0 Å². The van der Waals surface area contributed by atoms with Gasteiger partial charge in [-0.25, -0.2) is 0 Å². The number of piperidine rings is 1. The van der Waals surface area contributed by atoms with Crippen molar-refractivity contribution in [2.75, 3.05) is 19.6 Å². The molecule has 0 saturated carbocycles. The fraction of sp³-hybridized carbons (Fsp3) is 0.625. The molecule has 0 aliphatic carbocycles. The topological polar surface area (TPSA) is 38.5 Å². The third-order valence-electron chi connectivity index (χ3n) is 4.64. The zero-order valence-electron chi connectivity index (χ0n) is 12.0. The van der Waals surface area contributed by atoms with Gasteiger partial charge in [-0.2, -0.15) is 0 Å². The molecule has 0 radical (unpaired) electrons. The Morgan fingerprint density at radius 3 is 3.05 bits per heavy atom. The third-order valence-corrected chi connectivity index (χ3v) is 4.88. The van der Waals surface area contributed by atoms with Crippen LogP contribution >= 0.6 is 11.6 Å². The van der Waals surface area contributed by atoms with E-state index < -0.39 is 0 Å². The van der Waals surface area contributed by atoms with Gasteiger partial charge in [0.15, 0.2) is 0 Å². The molecule has 3 unspecified atom stereocenters. The van der Waals surface area contributed by atoms with E-state index in [1.165, 1.54) is 18.4 Å². The minimum atomic E-state index is 0.252. The van der Waals surface area contributed by atoms with E-state index in [9.17, 15) is 0 Å². The van der Waals surface area contributed by atoms with Crippen LogP contribution in [0.2, 0.25) is 5.02 Å². The molecule has 1 aromatic rings. The van der Waals surface area contributed by atoms with E-state index in [0.29, 0.717) is 12.0 Å². The van der Waals surface area contributed by atoms with Gasteiger partial charge in [-0.1, -0.05) is 11.6 Å². The van der Waals surface area contributed by atoms with E-state index >= 15 is 0 Å². The molecule has 0 spiro atoms. The van der Waals surface area contributed by atoms with Crippen LogP contribution in [0.1, 0.15) is 25.3 Å². The average molecular weight is 295 g/mol. The molecule has 110 valence electrons. The molecule has 0 aromatic heterocycles. The molecule has 1 saturated heterocycles. The van der Waals surface area contributed by atoms with Crippen LogP contribution in [0.4, 0.5) is 0 Å². The summed E-state index contributed by atoms with van der Waals surface area (Å²) in [7, 11) is 0. The Bertz CT molecular complexity index is 480. The number of rotatable bonds is 3. The van der Waals surface area contributed by atoms with Crippen LogP contribution in [0.15, 0.2) is 18.2 Å². The lowest BCUT2D eigenvalue weighted by Gasteiger charge is -2.38. The Morgan fingerprint density at radius 2 is 2.25 bits per heavy atom. The van der Waals surface area contributed by atoms with Gasteiger partial charge in [0.1, 0.15) is 11.9 Å². The largest absolute Gasteiger partial charge is 0.488 e. The maximum atomic E-state index is 6.05. The molecule has 2 N–H and O–H groups in total. The van der Waals surface area contributed by atoms with Crippen molar-refractivity contribution in [3.05, 3.63) is 28.8 Å². The van der Waals surface area contributed by atoms with Crippen LogP contribution in [0.3, 0.4) is 0 Å². The van der Waals surface area contributed by atoms with Crippen molar-refractivity contribution in [2.24, 2.45) is 11.7 Å². The first kappa shape index (κ1) is 14.2. The first-order valence-corrected chi connectivity index (χ1v) is 7.92.